The molecule has 0 unspecified atom stereocenters. The summed E-state index contributed by atoms with van der Waals surface area (Å²) in [6.07, 6.45) is 0.838. The molecule has 6 nitrogen and oxygen atoms in total. The monoisotopic (exact) mass is 392 g/mol. The van der Waals surface area contributed by atoms with Crippen LogP contribution in [0.1, 0.15) is 27.6 Å². The smallest absolute Gasteiger partial charge is 0.340 e. The molecule has 0 spiro atoms. The van der Waals surface area contributed by atoms with Gasteiger partial charge in [0.2, 0.25) is 5.91 Å². The molecule has 8 heteroatoms. The van der Waals surface area contributed by atoms with Crippen molar-refractivity contribution in [1.29, 1.82) is 0 Å². The second kappa shape index (κ2) is 8.73. The second-order valence-electron chi connectivity index (χ2n) is 5.32. The summed E-state index contributed by atoms with van der Waals surface area (Å²) in [5.41, 5.74) is 6.13. The zero-order valence-corrected chi connectivity index (χ0v) is 15.7. The number of rotatable bonds is 6. The Hall–Kier alpha value is -2.51. The first kappa shape index (κ1) is 19.8. The maximum atomic E-state index is 12.3. The molecule has 0 radical (unpaired) electrons. The molecule has 0 saturated heterocycles. The van der Waals surface area contributed by atoms with Gasteiger partial charge in [0, 0.05) is 16.1 Å². The van der Waals surface area contributed by atoms with Crippen LogP contribution in [0.4, 0.5) is 5.69 Å². The molecule has 0 aliphatic heterocycles. The van der Waals surface area contributed by atoms with Crippen LogP contribution in [-0.2, 0) is 9.53 Å². The molecule has 0 aromatic heterocycles. The molecule has 136 valence electrons. The van der Waals surface area contributed by atoms with E-state index < -0.39 is 23.9 Å². The minimum Gasteiger partial charge on any atom is -0.449 e. The number of nitrogens with two attached hydrogens (primary N) is 1. The molecule has 0 heterocycles. The summed E-state index contributed by atoms with van der Waals surface area (Å²) in [7, 11) is 0. The summed E-state index contributed by atoms with van der Waals surface area (Å²) in [4.78, 5) is 36.4. The fraction of sp³-hybridized carbons (Fsp3) is 0.167. The number of ether oxygens (including phenoxy) is 1. The quantitative estimate of drug-likeness (QED) is 0.580. The van der Waals surface area contributed by atoms with Crippen LogP contribution in [0.15, 0.2) is 47.4 Å². The molecular formula is C18H17ClN2O4S. The van der Waals surface area contributed by atoms with Gasteiger partial charge in [-0.1, -0.05) is 11.6 Å². The van der Waals surface area contributed by atoms with Crippen molar-refractivity contribution in [2.24, 2.45) is 5.73 Å². The van der Waals surface area contributed by atoms with Crippen LogP contribution < -0.4 is 11.1 Å². The molecule has 0 fully saturated rings. The summed E-state index contributed by atoms with van der Waals surface area (Å²) >= 11 is 7.49. The van der Waals surface area contributed by atoms with E-state index in [1.807, 2.05) is 6.26 Å². The minimum atomic E-state index is -1.03. The second-order valence-corrected chi connectivity index (χ2v) is 6.61. The fourth-order valence-electron chi connectivity index (χ4n) is 2.03. The van der Waals surface area contributed by atoms with Gasteiger partial charge in [0.05, 0.1) is 10.6 Å². The Balaban J connectivity index is 2.02. The highest BCUT2D eigenvalue weighted by Crippen LogP contribution is 2.24. The molecular weight excluding hydrogens is 376 g/mol. The Morgan fingerprint density at radius 1 is 1.15 bits per heavy atom. The van der Waals surface area contributed by atoms with Gasteiger partial charge in [-0.05, 0) is 55.6 Å². The Morgan fingerprint density at radius 2 is 1.81 bits per heavy atom. The lowest BCUT2D eigenvalue weighted by Gasteiger charge is -2.14. The number of hydrogen-bond acceptors (Lipinski definition) is 5. The van der Waals surface area contributed by atoms with Gasteiger partial charge in [0.15, 0.2) is 6.10 Å². The van der Waals surface area contributed by atoms with E-state index >= 15 is 0 Å². The summed E-state index contributed by atoms with van der Waals surface area (Å²) < 4.78 is 5.19. The first-order valence-corrected chi connectivity index (χ1v) is 9.17. The molecule has 2 aromatic carbocycles. The molecule has 26 heavy (non-hydrogen) atoms. The van der Waals surface area contributed by atoms with Gasteiger partial charge >= 0.3 is 5.97 Å². The van der Waals surface area contributed by atoms with Crippen LogP contribution in [-0.4, -0.2) is 30.1 Å². The SMILES string of the molecule is CSc1ccc(Cl)c(C(=O)O[C@H](C)C(=O)Nc2ccc(C(N)=O)cc2)c1. The number of thioether (sulfide) groups is 1. The van der Waals surface area contributed by atoms with Gasteiger partial charge in [-0.25, -0.2) is 4.79 Å². The average Bonchev–Trinajstić information content (AvgIpc) is 2.62. The lowest BCUT2D eigenvalue weighted by molar-refractivity contribution is -0.123. The minimum absolute atomic E-state index is 0.198. The third kappa shape index (κ3) is 5.00. The summed E-state index contributed by atoms with van der Waals surface area (Å²) in [5.74, 6) is -1.76. The molecule has 0 saturated carbocycles. The summed E-state index contributed by atoms with van der Waals surface area (Å²) in [6.45, 7) is 1.46. The Morgan fingerprint density at radius 3 is 2.38 bits per heavy atom. The Bertz CT molecular complexity index is 840. The molecule has 0 bridgehead atoms. The molecule has 2 rings (SSSR count). The summed E-state index contributed by atoms with van der Waals surface area (Å²) in [6, 6.07) is 11.1. The number of anilines is 1. The van der Waals surface area contributed by atoms with Crippen LogP contribution in [0.5, 0.6) is 0 Å². The average molecular weight is 393 g/mol. The van der Waals surface area contributed by atoms with Crippen LogP contribution >= 0.6 is 23.4 Å². The highest BCUT2D eigenvalue weighted by atomic mass is 35.5. The van der Waals surface area contributed by atoms with E-state index in [9.17, 15) is 14.4 Å². The third-order valence-corrected chi connectivity index (χ3v) is 4.54. The van der Waals surface area contributed by atoms with Crippen LogP contribution in [0.25, 0.3) is 0 Å². The standard InChI is InChI=1S/C18H17ClN2O4S/c1-10(17(23)21-12-5-3-11(4-6-12)16(20)22)25-18(24)14-9-13(26-2)7-8-15(14)19/h3-10H,1-2H3,(H2,20,22)(H,21,23)/t10-/m1/s1. The predicted molar refractivity (Wildman–Crippen MR) is 102 cm³/mol. The number of halogens is 1. The highest BCUT2D eigenvalue weighted by Gasteiger charge is 2.21. The van der Waals surface area contributed by atoms with Crippen molar-refractivity contribution >= 4 is 46.8 Å². The molecule has 0 aliphatic carbocycles. The molecule has 3 N–H and O–H groups in total. The van der Waals surface area contributed by atoms with E-state index in [-0.39, 0.29) is 10.6 Å². The number of nitrogens with one attached hydrogen (secondary N) is 1. The van der Waals surface area contributed by atoms with E-state index in [4.69, 9.17) is 22.1 Å². The summed E-state index contributed by atoms with van der Waals surface area (Å²) in [5, 5.41) is 2.85. The lowest BCUT2D eigenvalue weighted by Crippen LogP contribution is -2.30. The zero-order chi connectivity index (χ0) is 19.3. The number of amides is 2. The van der Waals surface area contributed by atoms with Crippen molar-refractivity contribution in [1.82, 2.24) is 0 Å². The Labute approximate surface area is 160 Å². The van der Waals surface area contributed by atoms with Crippen LogP contribution in [0, 0.1) is 0 Å². The third-order valence-electron chi connectivity index (χ3n) is 3.48. The first-order valence-electron chi connectivity index (χ1n) is 7.57. The molecule has 2 amide bonds. The van der Waals surface area contributed by atoms with Gasteiger partial charge in [-0.2, -0.15) is 0 Å². The maximum Gasteiger partial charge on any atom is 0.340 e. The zero-order valence-electron chi connectivity index (χ0n) is 14.1. The van der Waals surface area contributed by atoms with Gasteiger partial charge in [-0.15, -0.1) is 11.8 Å². The van der Waals surface area contributed by atoms with Crippen LogP contribution in [0.3, 0.4) is 0 Å². The van der Waals surface area contributed by atoms with Crippen molar-refractivity contribution < 1.29 is 19.1 Å². The van der Waals surface area contributed by atoms with Crippen molar-refractivity contribution in [3.8, 4) is 0 Å². The van der Waals surface area contributed by atoms with Gasteiger partial charge in [0.1, 0.15) is 0 Å². The molecule has 2 aromatic rings. The lowest BCUT2D eigenvalue weighted by atomic mass is 10.2. The van der Waals surface area contributed by atoms with Crippen molar-refractivity contribution in [2.75, 3.05) is 11.6 Å². The number of carbonyl (C=O) groups is 3. The Kier molecular flexibility index (Phi) is 6.65. The van der Waals surface area contributed by atoms with Gasteiger partial charge in [0.25, 0.3) is 5.91 Å². The van der Waals surface area contributed by atoms with Crippen molar-refractivity contribution in [2.45, 2.75) is 17.9 Å². The van der Waals surface area contributed by atoms with Gasteiger partial charge in [-0.3, -0.25) is 9.59 Å². The normalized spacial score (nSPS) is 11.5. The van der Waals surface area contributed by atoms with Crippen molar-refractivity contribution in [3.05, 3.63) is 58.6 Å². The number of esters is 1. The van der Waals surface area contributed by atoms with E-state index in [0.717, 1.165) is 4.90 Å². The topological polar surface area (TPSA) is 98.5 Å². The predicted octanol–water partition coefficient (Wildman–Crippen LogP) is 3.34. The molecule has 1 atom stereocenters. The van der Waals surface area contributed by atoms with Crippen LogP contribution in [0.2, 0.25) is 5.02 Å². The number of carbonyl (C=O) groups excluding carboxylic acids is 3. The highest BCUT2D eigenvalue weighted by molar-refractivity contribution is 7.98. The number of hydrogen-bond donors (Lipinski definition) is 2. The first-order chi connectivity index (χ1) is 12.3. The largest absolute Gasteiger partial charge is 0.449 e. The number of benzene rings is 2. The van der Waals surface area contributed by atoms with Crippen molar-refractivity contribution in [3.63, 3.8) is 0 Å². The number of primary amides is 1. The molecule has 0 aliphatic rings. The van der Waals surface area contributed by atoms with E-state index in [0.29, 0.717) is 11.3 Å². The van der Waals surface area contributed by atoms with E-state index in [1.54, 1.807) is 18.2 Å². The van der Waals surface area contributed by atoms with Gasteiger partial charge < -0.3 is 15.8 Å². The van der Waals surface area contributed by atoms with E-state index in [1.165, 1.54) is 43.0 Å². The van der Waals surface area contributed by atoms with E-state index in [2.05, 4.69) is 5.32 Å². The maximum absolute atomic E-state index is 12.3. The fourth-order valence-corrected chi connectivity index (χ4v) is 2.66.